The van der Waals surface area contributed by atoms with Gasteiger partial charge in [-0.2, -0.15) is 0 Å². The molecule has 4 heteroatoms. The minimum absolute atomic E-state index is 0.300. The van der Waals surface area contributed by atoms with Crippen LogP contribution in [0.5, 0.6) is 5.75 Å². The molecule has 0 saturated heterocycles. The monoisotopic (exact) mass is 243 g/mol. The van der Waals surface area contributed by atoms with E-state index in [0.29, 0.717) is 5.75 Å². The minimum Gasteiger partial charge on any atom is -0.508 e. The molecule has 0 aliphatic rings. The number of hydrogen-bond donors (Lipinski definition) is 2. The van der Waals surface area contributed by atoms with Gasteiger partial charge in [0.25, 0.3) is 0 Å². The van der Waals surface area contributed by atoms with Crippen LogP contribution >= 0.6 is 0 Å². The van der Waals surface area contributed by atoms with Gasteiger partial charge in [0.1, 0.15) is 17.4 Å². The number of benzene rings is 1. The van der Waals surface area contributed by atoms with Gasteiger partial charge in [-0.05, 0) is 38.0 Å². The molecule has 0 bridgehead atoms. The van der Waals surface area contributed by atoms with Crippen LogP contribution in [0.4, 0.5) is 5.82 Å². The zero-order valence-corrected chi connectivity index (χ0v) is 10.6. The molecule has 0 amide bonds. The maximum Gasteiger partial charge on any atom is 0.129 e. The molecule has 18 heavy (non-hydrogen) atoms. The molecule has 0 spiro atoms. The van der Waals surface area contributed by atoms with Gasteiger partial charge < -0.3 is 10.4 Å². The SMILES string of the molecule is Cc1cc(NCCc2ccc(O)cc2)nc(C)n1. The van der Waals surface area contributed by atoms with Gasteiger partial charge >= 0.3 is 0 Å². The van der Waals surface area contributed by atoms with Gasteiger partial charge in [-0.1, -0.05) is 12.1 Å². The summed E-state index contributed by atoms with van der Waals surface area (Å²) in [5, 5.41) is 12.5. The summed E-state index contributed by atoms with van der Waals surface area (Å²) in [5.41, 5.74) is 2.15. The molecule has 0 radical (unpaired) electrons. The summed E-state index contributed by atoms with van der Waals surface area (Å²) in [7, 11) is 0. The molecule has 2 N–H and O–H groups in total. The van der Waals surface area contributed by atoms with Crippen LogP contribution in [0.2, 0.25) is 0 Å². The van der Waals surface area contributed by atoms with E-state index in [9.17, 15) is 5.11 Å². The highest BCUT2D eigenvalue weighted by Crippen LogP contribution is 2.10. The Bertz CT molecular complexity index is 503. The Hall–Kier alpha value is -2.10. The lowest BCUT2D eigenvalue weighted by Crippen LogP contribution is -2.07. The Kier molecular flexibility index (Phi) is 3.77. The zero-order chi connectivity index (χ0) is 13.0. The summed E-state index contributed by atoms with van der Waals surface area (Å²) < 4.78 is 0. The lowest BCUT2D eigenvalue weighted by atomic mass is 10.1. The summed E-state index contributed by atoms with van der Waals surface area (Å²) in [5.74, 6) is 1.94. The standard InChI is InChI=1S/C14H17N3O/c1-10-9-14(17-11(2)16-10)15-8-7-12-3-5-13(18)6-4-12/h3-6,9,18H,7-8H2,1-2H3,(H,15,16,17). The molecule has 4 nitrogen and oxygen atoms in total. The topological polar surface area (TPSA) is 58.0 Å². The number of nitrogens with one attached hydrogen (secondary N) is 1. The maximum atomic E-state index is 9.19. The molecule has 0 unspecified atom stereocenters. The quantitative estimate of drug-likeness (QED) is 0.866. The Morgan fingerprint density at radius 1 is 1.11 bits per heavy atom. The molecule has 1 aromatic carbocycles. The third kappa shape index (κ3) is 3.45. The Balaban J connectivity index is 1.90. The van der Waals surface area contributed by atoms with E-state index in [1.54, 1.807) is 12.1 Å². The average molecular weight is 243 g/mol. The molecular formula is C14H17N3O. The summed E-state index contributed by atoms with van der Waals surface area (Å²) in [6.07, 6.45) is 0.891. The van der Waals surface area contributed by atoms with Crippen molar-refractivity contribution in [1.82, 2.24) is 9.97 Å². The first-order valence-corrected chi connectivity index (χ1v) is 5.97. The van der Waals surface area contributed by atoms with Crippen LogP contribution in [0.1, 0.15) is 17.1 Å². The fraction of sp³-hybridized carbons (Fsp3) is 0.286. The van der Waals surface area contributed by atoms with Crippen LogP contribution in [-0.4, -0.2) is 21.6 Å². The minimum atomic E-state index is 0.300. The molecule has 1 aromatic heterocycles. The van der Waals surface area contributed by atoms with Gasteiger partial charge in [0.2, 0.25) is 0 Å². The van der Waals surface area contributed by atoms with Gasteiger partial charge in [0, 0.05) is 18.3 Å². The second kappa shape index (κ2) is 5.49. The summed E-state index contributed by atoms with van der Waals surface area (Å²) >= 11 is 0. The summed E-state index contributed by atoms with van der Waals surface area (Å²) in [6, 6.07) is 9.19. The van der Waals surface area contributed by atoms with Gasteiger partial charge in [-0.15, -0.1) is 0 Å². The molecule has 0 aliphatic heterocycles. The molecule has 0 saturated carbocycles. The van der Waals surface area contributed by atoms with Gasteiger partial charge in [-0.25, -0.2) is 9.97 Å². The predicted molar refractivity (Wildman–Crippen MR) is 71.8 cm³/mol. The van der Waals surface area contributed by atoms with E-state index in [-0.39, 0.29) is 0 Å². The first kappa shape index (κ1) is 12.4. The highest BCUT2D eigenvalue weighted by molar-refractivity contribution is 5.36. The number of phenolic OH excluding ortho intramolecular Hbond substituents is 1. The van der Waals surface area contributed by atoms with E-state index in [2.05, 4.69) is 15.3 Å². The highest BCUT2D eigenvalue weighted by Gasteiger charge is 1.98. The van der Waals surface area contributed by atoms with E-state index < -0.39 is 0 Å². The van der Waals surface area contributed by atoms with Crippen molar-refractivity contribution in [3.8, 4) is 5.75 Å². The molecule has 2 rings (SSSR count). The highest BCUT2D eigenvalue weighted by atomic mass is 16.3. The van der Waals surface area contributed by atoms with Crippen LogP contribution in [0.3, 0.4) is 0 Å². The lowest BCUT2D eigenvalue weighted by Gasteiger charge is -2.07. The second-order valence-electron chi connectivity index (χ2n) is 4.29. The van der Waals surface area contributed by atoms with Crippen molar-refractivity contribution in [2.75, 3.05) is 11.9 Å². The number of aryl methyl sites for hydroxylation is 2. The lowest BCUT2D eigenvalue weighted by molar-refractivity contribution is 0.475. The van der Waals surface area contributed by atoms with Gasteiger partial charge in [-0.3, -0.25) is 0 Å². The smallest absolute Gasteiger partial charge is 0.129 e. The molecular weight excluding hydrogens is 226 g/mol. The second-order valence-corrected chi connectivity index (χ2v) is 4.29. The van der Waals surface area contributed by atoms with E-state index >= 15 is 0 Å². The van der Waals surface area contributed by atoms with Crippen LogP contribution in [0, 0.1) is 13.8 Å². The van der Waals surface area contributed by atoms with Crippen LogP contribution in [0.25, 0.3) is 0 Å². The first-order chi connectivity index (χ1) is 8.63. The van der Waals surface area contributed by atoms with Crippen molar-refractivity contribution in [1.29, 1.82) is 0 Å². The van der Waals surface area contributed by atoms with Gasteiger partial charge in [0.15, 0.2) is 0 Å². The van der Waals surface area contributed by atoms with E-state index in [0.717, 1.165) is 30.3 Å². The molecule has 94 valence electrons. The zero-order valence-electron chi connectivity index (χ0n) is 10.6. The number of phenols is 1. The largest absolute Gasteiger partial charge is 0.508 e. The summed E-state index contributed by atoms with van der Waals surface area (Å²) in [4.78, 5) is 8.55. The Labute approximate surface area is 107 Å². The third-order valence-corrected chi connectivity index (χ3v) is 2.62. The number of aromatic hydroxyl groups is 1. The molecule has 0 atom stereocenters. The van der Waals surface area contributed by atoms with Crippen LogP contribution < -0.4 is 5.32 Å². The Morgan fingerprint density at radius 3 is 2.50 bits per heavy atom. The van der Waals surface area contributed by atoms with Crippen molar-refractivity contribution in [2.24, 2.45) is 0 Å². The van der Waals surface area contributed by atoms with E-state index in [1.807, 2.05) is 32.0 Å². The molecule has 0 aliphatic carbocycles. The van der Waals surface area contributed by atoms with Crippen LogP contribution in [0.15, 0.2) is 30.3 Å². The number of aromatic nitrogens is 2. The van der Waals surface area contributed by atoms with Crippen molar-refractivity contribution in [2.45, 2.75) is 20.3 Å². The maximum absolute atomic E-state index is 9.19. The molecule has 1 heterocycles. The fourth-order valence-electron chi connectivity index (χ4n) is 1.81. The van der Waals surface area contributed by atoms with Crippen LogP contribution in [-0.2, 0) is 6.42 Å². The normalized spacial score (nSPS) is 10.3. The molecule has 2 aromatic rings. The van der Waals surface area contributed by atoms with Gasteiger partial charge in [0.05, 0.1) is 0 Å². The molecule has 0 fully saturated rings. The first-order valence-electron chi connectivity index (χ1n) is 5.97. The summed E-state index contributed by atoms with van der Waals surface area (Å²) in [6.45, 7) is 4.65. The predicted octanol–water partition coefficient (Wildman–Crippen LogP) is 2.45. The van der Waals surface area contributed by atoms with E-state index in [1.165, 1.54) is 5.56 Å². The third-order valence-electron chi connectivity index (χ3n) is 2.62. The number of nitrogens with zero attached hydrogens (tertiary/aromatic N) is 2. The van der Waals surface area contributed by atoms with Crippen molar-refractivity contribution in [3.63, 3.8) is 0 Å². The van der Waals surface area contributed by atoms with Crippen molar-refractivity contribution < 1.29 is 5.11 Å². The number of anilines is 1. The van der Waals surface area contributed by atoms with E-state index in [4.69, 9.17) is 0 Å². The van der Waals surface area contributed by atoms with Crippen molar-refractivity contribution in [3.05, 3.63) is 47.4 Å². The Morgan fingerprint density at radius 2 is 1.83 bits per heavy atom. The average Bonchev–Trinajstić information content (AvgIpc) is 2.30. The number of hydrogen-bond acceptors (Lipinski definition) is 4. The van der Waals surface area contributed by atoms with Crippen molar-refractivity contribution >= 4 is 5.82 Å². The number of rotatable bonds is 4. The fourth-order valence-corrected chi connectivity index (χ4v) is 1.81.